The molecule has 0 spiro atoms. The van der Waals surface area contributed by atoms with E-state index in [0.717, 1.165) is 26.2 Å². The Morgan fingerprint density at radius 3 is 2.70 bits per heavy atom. The molecule has 0 unspecified atom stereocenters. The van der Waals surface area contributed by atoms with Crippen molar-refractivity contribution in [2.45, 2.75) is 6.61 Å². The largest absolute Gasteiger partial charge is 0.484 e. The summed E-state index contributed by atoms with van der Waals surface area (Å²) in [7, 11) is 0. The highest BCUT2D eigenvalue weighted by Gasteiger charge is 2.16. The molecule has 7 heteroatoms. The predicted molar refractivity (Wildman–Crippen MR) is 70.1 cm³/mol. The Balaban J connectivity index is 1.58. The average molecular weight is 278 g/mol. The van der Waals surface area contributed by atoms with Crippen LogP contribution in [-0.2, 0) is 6.61 Å². The van der Waals surface area contributed by atoms with E-state index >= 15 is 0 Å². The highest BCUT2D eigenvalue weighted by molar-refractivity contribution is 5.25. The van der Waals surface area contributed by atoms with E-state index in [9.17, 15) is 4.39 Å². The summed E-state index contributed by atoms with van der Waals surface area (Å²) in [5, 5.41) is 11.2. The van der Waals surface area contributed by atoms with Crippen LogP contribution in [0.25, 0.3) is 0 Å². The third-order valence-electron chi connectivity index (χ3n) is 3.02. The van der Waals surface area contributed by atoms with Gasteiger partial charge in [0.2, 0.25) is 0 Å². The van der Waals surface area contributed by atoms with Crippen LogP contribution in [0, 0.1) is 5.82 Å². The highest BCUT2D eigenvalue weighted by Crippen LogP contribution is 2.16. The standard InChI is InChI=1S/C13H15FN4O2/c14-10-1-3-11(4-2-10)19-9-12-16-17-13(20-12)18-7-5-15-6-8-18/h1-4,15H,5-9H2. The number of nitrogens with zero attached hydrogens (tertiary/aromatic N) is 3. The molecule has 1 aromatic heterocycles. The van der Waals surface area contributed by atoms with Crippen molar-refractivity contribution in [1.29, 1.82) is 0 Å². The summed E-state index contributed by atoms with van der Waals surface area (Å²) in [4.78, 5) is 2.03. The molecule has 0 aliphatic carbocycles. The van der Waals surface area contributed by atoms with Gasteiger partial charge in [0, 0.05) is 26.2 Å². The van der Waals surface area contributed by atoms with Crippen LogP contribution in [0.3, 0.4) is 0 Å². The normalized spacial score (nSPS) is 15.3. The lowest BCUT2D eigenvalue weighted by atomic mass is 10.3. The van der Waals surface area contributed by atoms with Crippen molar-refractivity contribution in [3.8, 4) is 5.75 Å². The van der Waals surface area contributed by atoms with Gasteiger partial charge in [-0.05, 0) is 24.3 Å². The summed E-state index contributed by atoms with van der Waals surface area (Å²) in [5.74, 6) is 0.673. The first-order valence-electron chi connectivity index (χ1n) is 6.48. The summed E-state index contributed by atoms with van der Waals surface area (Å²) < 4.78 is 23.8. The van der Waals surface area contributed by atoms with E-state index in [1.807, 2.05) is 4.90 Å². The van der Waals surface area contributed by atoms with Gasteiger partial charge in [0.05, 0.1) is 0 Å². The molecule has 0 saturated carbocycles. The van der Waals surface area contributed by atoms with Crippen LogP contribution < -0.4 is 15.0 Å². The topological polar surface area (TPSA) is 63.4 Å². The molecular weight excluding hydrogens is 263 g/mol. The van der Waals surface area contributed by atoms with Gasteiger partial charge >= 0.3 is 6.01 Å². The Hall–Kier alpha value is -2.15. The van der Waals surface area contributed by atoms with E-state index in [1.165, 1.54) is 12.1 Å². The average Bonchev–Trinajstić information content (AvgIpc) is 2.97. The van der Waals surface area contributed by atoms with Gasteiger partial charge in [0.1, 0.15) is 11.6 Å². The summed E-state index contributed by atoms with van der Waals surface area (Å²) in [6.45, 7) is 3.68. The Labute approximate surface area is 115 Å². The SMILES string of the molecule is Fc1ccc(OCc2nnc(N3CCNCC3)o2)cc1. The molecule has 0 atom stereocenters. The first-order valence-corrected chi connectivity index (χ1v) is 6.48. The zero-order valence-corrected chi connectivity index (χ0v) is 10.9. The number of nitrogens with one attached hydrogen (secondary N) is 1. The third kappa shape index (κ3) is 3.05. The van der Waals surface area contributed by atoms with Gasteiger partial charge in [0.25, 0.3) is 5.89 Å². The monoisotopic (exact) mass is 278 g/mol. The van der Waals surface area contributed by atoms with E-state index in [0.29, 0.717) is 17.7 Å². The number of hydrogen-bond donors (Lipinski definition) is 1. The lowest BCUT2D eigenvalue weighted by molar-refractivity contribution is 0.263. The van der Waals surface area contributed by atoms with Crippen LogP contribution in [0.15, 0.2) is 28.7 Å². The zero-order valence-electron chi connectivity index (χ0n) is 10.9. The van der Waals surface area contributed by atoms with E-state index < -0.39 is 0 Å². The maximum Gasteiger partial charge on any atom is 0.318 e. The quantitative estimate of drug-likeness (QED) is 0.906. The fourth-order valence-corrected chi connectivity index (χ4v) is 1.96. The van der Waals surface area contributed by atoms with Gasteiger partial charge in [-0.1, -0.05) is 5.10 Å². The van der Waals surface area contributed by atoms with Crippen LogP contribution in [0.2, 0.25) is 0 Å². The van der Waals surface area contributed by atoms with E-state index in [1.54, 1.807) is 12.1 Å². The second-order valence-corrected chi connectivity index (χ2v) is 4.46. The van der Waals surface area contributed by atoms with Crippen LogP contribution in [0.4, 0.5) is 10.4 Å². The first-order chi connectivity index (χ1) is 9.81. The van der Waals surface area contributed by atoms with Crippen molar-refractivity contribution in [1.82, 2.24) is 15.5 Å². The van der Waals surface area contributed by atoms with Gasteiger partial charge in [-0.3, -0.25) is 0 Å². The number of aromatic nitrogens is 2. The van der Waals surface area contributed by atoms with Crippen LogP contribution in [0.1, 0.15) is 5.89 Å². The molecule has 2 aromatic rings. The maximum atomic E-state index is 12.8. The minimum absolute atomic E-state index is 0.171. The molecule has 106 valence electrons. The molecule has 6 nitrogen and oxygen atoms in total. The van der Waals surface area contributed by atoms with Gasteiger partial charge in [0.15, 0.2) is 6.61 Å². The second kappa shape index (κ2) is 5.87. The number of piperazine rings is 1. The molecule has 1 saturated heterocycles. The minimum Gasteiger partial charge on any atom is -0.484 e. The molecule has 1 N–H and O–H groups in total. The molecule has 2 heterocycles. The molecule has 1 aliphatic heterocycles. The molecule has 1 fully saturated rings. The number of anilines is 1. The summed E-state index contributed by atoms with van der Waals surface area (Å²) >= 11 is 0. The molecule has 0 radical (unpaired) electrons. The number of halogens is 1. The molecular formula is C13H15FN4O2. The van der Waals surface area contributed by atoms with E-state index in [2.05, 4.69) is 15.5 Å². The van der Waals surface area contributed by atoms with Gasteiger partial charge in [-0.25, -0.2) is 4.39 Å². The van der Waals surface area contributed by atoms with E-state index in [-0.39, 0.29) is 12.4 Å². The summed E-state index contributed by atoms with van der Waals surface area (Å²) in [6.07, 6.45) is 0. The molecule has 1 aromatic carbocycles. The van der Waals surface area contributed by atoms with Crippen molar-refractivity contribution in [3.05, 3.63) is 36.0 Å². The zero-order chi connectivity index (χ0) is 13.8. The van der Waals surface area contributed by atoms with Crippen molar-refractivity contribution in [2.24, 2.45) is 0 Å². The van der Waals surface area contributed by atoms with Crippen LogP contribution in [0.5, 0.6) is 5.75 Å². The molecule has 0 amide bonds. The number of ether oxygens (including phenoxy) is 1. The predicted octanol–water partition coefficient (Wildman–Crippen LogP) is 1.20. The lowest BCUT2D eigenvalue weighted by Gasteiger charge is -2.24. The number of rotatable bonds is 4. The molecule has 20 heavy (non-hydrogen) atoms. The Morgan fingerprint density at radius 1 is 1.20 bits per heavy atom. The Bertz CT molecular complexity index is 552. The van der Waals surface area contributed by atoms with E-state index in [4.69, 9.17) is 9.15 Å². The smallest absolute Gasteiger partial charge is 0.318 e. The van der Waals surface area contributed by atoms with Crippen LogP contribution >= 0.6 is 0 Å². The van der Waals surface area contributed by atoms with Gasteiger partial charge in [-0.2, -0.15) is 0 Å². The van der Waals surface area contributed by atoms with Gasteiger partial charge < -0.3 is 19.4 Å². The Kier molecular flexibility index (Phi) is 3.78. The summed E-state index contributed by atoms with van der Waals surface area (Å²) in [6, 6.07) is 6.32. The van der Waals surface area contributed by atoms with Crippen molar-refractivity contribution in [3.63, 3.8) is 0 Å². The maximum absolute atomic E-state index is 12.8. The Morgan fingerprint density at radius 2 is 1.95 bits per heavy atom. The molecule has 1 aliphatic rings. The molecule has 0 bridgehead atoms. The third-order valence-corrected chi connectivity index (χ3v) is 3.02. The fraction of sp³-hybridized carbons (Fsp3) is 0.385. The fourth-order valence-electron chi connectivity index (χ4n) is 1.96. The number of benzene rings is 1. The first kappa shape index (κ1) is 12.9. The van der Waals surface area contributed by atoms with Crippen LogP contribution in [-0.4, -0.2) is 36.4 Å². The van der Waals surface area contributed by atoms with Crippen molar-refractivity contribution < 1.29 is 13.5 Å². The van der Waals surface area contributed by atoms with Crippen molar-refractivity contribution in [2.75, 3.05) is 31.1 Å². The minimum atomic E-state index is -0.295. The summed E-state index contributed by atoms with van der Waals surface area (Å²) in [5.41, 5.74) is 0. The lowest BCUT2D eigenvalue weighted by Crippen LogP contribution is -2.43. The second-order valence-electron chi connectivity index (χ2n) is 4.46. The van der Waals surface area contributed by atoms with Crippen molar-refractivity contribution >= 4 is 6.01 Å². The molecule has 3 rings (SSSR count). The van der Waals surface area contributed by atoms with Gasteiger partial charge in [-0.15, -0.1) is 5.10 Å². The highest BCUT2D eigenvalue weighted by atomic mass is 19.1. The number of hydrogen-bond acceptors (Lipinski definition) is 6.